The van der Waals surface area contributed by atoms with E-state index in [1.165, 1.54) is 0 Å². The molecule has 10 heteroatoms. The first-order valence-corrected chi connectivity index (χ1v) is 13.1. The number of amides is 2. The van der Waals surface area contributed by atoms with Gasteiger partial charge < -0.3 is 25.4 Å². The number of likely N-dealkylation sites (N-methyl/N-ethyl adjacent to an activating group) is 1. The molecule has 0 bridgehead atoms. The van der Waals surface area contributed by atoms with Gasteiger partial charge in [-0.3, -0.25) is 14.5 Å². The number of benzene rings is 1. The normalized spacial score (nSPS) is 13.5. The molecule has 4 rings (SSSR count). The number of hydrogen-bond donors (Lipinski definition) is 3. The molecule has 0 radical (unpaired) electrons. The van der Waals surface area contributed by atoms with Crippen molar-refractivity contribution < 1.29 is 9.59 Å². The lowest BCUT2D eigenvalue weighted by molar-refractivity contribution is -0.127. The fraction of sp³-hybridized carbons (Fsp3) is 0.481. The Labute approximate surface area is 218 Å². The first-order valence-electron chi connectivity index (χ1n) is 13.1. The Bertz CT molecular complexity index is 1220. The van der Waals surface area contributed by atoms with Crippen molar-refractivity contribution in [2.75, 3.05) is 57.5 Å². The summed E-state index contributed by atoms with van der Waals surface area (Å²) in [5.74, 6) is 1.64. The highest BCUT2D eigenvalue weighted by Crippen LogP contribution is 2.25. The molecule has 0 spiro atoms. The molecule has 3 aromatic rings. The Morgan fingerprint density at radius 1 is 1.19 bits per heavy atom. The smallest absolute Gasteiger partial charge is 0.234 e. The van der Waals surface area contributed by atoms with Gasteiger partial charge in [0.15, 0.2) is 0 Å². The van der Waals surface area contributed by atoms with E-state index in [1.54, 1.807) is 0 Å². The van der Waals surface area contributed by atoms with Crippen LogP contribution in [0.25, 0.3) is 16.6 Å². The van der Waals surface area contributed by atoms with E-state index in [4.69, 9.17) is 0 Å². The summed E-state index contributed by atoms with van der Waals surface area (Å²) < 4.78 is 2.07. The van der Waals surface area contributed by atoms with Crippen LogP contribution in [0.4, 0.5) is 11.8 Å². The summed E-state index contributed by atoms with van der Waals surface area (Å²) in [6.45, 7) is 6.11. The minimum atomic E-state index is -0.00304. The van der Waals surface area contributed by atoms with Gasteiger partial charge in [-0.1, -0.05) is 6.92 Å². The third-order valence-electron chi connectivity index (χ3n) is 6.46. The Kier molecular flexibility index (Phi) is 8.95. The van der Waals surface area contributed by atoms with Gasteiger partial charge in [0.25, 0.3) is 0 Å². The van der Waals surface area contributed by atoms with Crippen molar-refractivity contribution in [2.45, 2.75) is 39.2 Å². The molecule has 3 heterocycles. The molecule has 10 nitrogen and oxygen atoms in total. The molecule has 1 aliphatic heterocycles. The van der Waals surface area contributed by atoms with Crippen LogP contribution >= 0.6 is 0 Å². The van der Waals surface area contributed by atoms with E-state index in [0.29, 0.717) is 32.0 Å². The Morgan fingerprint density at radius 3 is 2.81 bits per heavy atom. The standard InChI is InChI=1S/C27H38N8O2/c1-4-11-30-26-22-9-8-21(16-23(22)31-27(28-2)32-26)35-15-10-20(18-35)17-33(3)19-24(36)29-12-6-14-34-13-5-7-25(34)37/h8-10,15-16,18H,4-7,11-14,17,19H2,1-3H3,(H,29,36)(H2,28,30,31,32). The van der Waals surface area contributed by atoms with Crippen LogP contribution in [0.2, 0.25) is 0 Å². The number of carbonyl (C=O) groups excluding carboxylic acids is 2. The zero-order valence-corrected chi connectivity index (χ0v) is 22.1. The Morgan fingerprint density at radius 2 is 2.05 bits per heavy atom. The van der Waals surface area contributed by atoms with E-state index in [1.807, 2.05) is 30.1 Å². The lowest BCUT2D eigenvalue weighted by Gasteiger charge is -2.17. The van der Waals surface area contributed by atoms with E-state index in [0.717, 1.165) is 66.9 Å². The van der Waals surface area contributed by atoms with E-state index < -0.39 is 0 Å². The van der Waals surface area contributed by atoms with Gasteiger partial charge in [0.05, 0.1) is 12.1 Å². The van der Waals surface area contributed by atoms with Gasteiger partial charge >= 0.3 is 0 Å². The van der Waals surface area contributed by atoms with Crippen LogP contribution in [0.5, 0.6) is 0 Å². The fourth-order valence-corrected chi connectivity index (χ4v) is 4.57. The Balaban J connectivity index is 1.31. The first-order chi connectivity index (χ1) is 18.0. The molecule has 0 atom stereocenters. The second-order valence-corrected chi connectivity index (χ2v) is 9.56. The van der Waals surface area contributed by atoms with Crippen molar-refractivity contribution in [1.29, 1.82) is 0 Å². The summed E-state index contributed by atoms with van der Waals surface area (Å²) in [5, 5.41) is 10.4. The second kappa shape index (κ2) is 12.5. The van der Waals surface area contributed by atoms with E-state index in [2.05, 4.69) is 67.9 Å². The molecule has 0 aliphatic carbocycles. The summed E-state index contributed by atoms with van der Waals surface area (Å²) in [6.07, 6.45) is 7.51. The molecule has 2 aromatic heterocycles. The van der Waals surface area contributed by atoms with Crippen molar-refractivity contribution in [3.05, 3.63) is 42.2 Å². The number of likely N-dealkylation sites (tertiary alicyclic amines) is 1. The number of nitrogens with one attached hydrogen (secondary N) is 3. The monoisotopic (exact) mass is 506 g/mol. The minimum absolute atomic E-state index is 0.00304. The predicted molar refractivity (Wildman–Crippen MR) is 147 cm³/mol. The van der Waals surface area contributed by atoms with Crippen LogP contribution in [-0.2, 0) is 16.1 Å². The molecule has 0 saturated carbocycles. The second-order valence-electron chi connectivity index (χ2n) is 9.56. The number of aromatic nitrogens is 3. The number of rotatable bonds is 13. The highest BCUT2D eigenvalue weighted by Gasteiger charge is 2.19. The molecule has 1 fully saturated rings. The molecule has 3 N–H and O–H groups in total. The third-order valence-corrected chi connectivity index (χ3v) is 6.46. The molecule has 1 aromatic carbocycles. The lowest BCUT2D eigenvalue weighted by atomic mass is 10.2. The number of hydrogen-bond acceptors (Lipinski definition) is 7. The number of nitrogens with zero attached hydrogens (tertiary/aromatic N) is 5. The van der Waals surface area contributed by atoms with Gasteiger partial charge in [-0.15, -0.1) is 0 Å². The molecule has 0 unspecified atom stereocenters. The maximum Gasteiger partial charge on any atom is 0.234 e. The van der Waals surface area contributed by atoms with Gasteiger partial charge in [-0.05, 0) is 56.1 Å². The maximum atomic E-state index is 12.3. The average Bonchev–Trinajstić information content (AvgIpc) is 3.53. The van der Waals surface area contributed by atoms with Crippen LogP contribution < -0.4 is 16.0 Å². The number of fused-ring (bicyclic) bond motifs is 1. The largest absolute Gasteiger partial charge is 0.369 e. The molecule has 198 valence electrons. The molecule has 37 heavy (non-hydrogen) atoms. The van der Waals surface area contributed by atoms with Gasteiger partial charge in [0.1, 0.15) is 5.82 Å². The van der Waals surface area contributed by atoms with Gasteiger partial charge in [0, 0.05) is 69.7 Å². The van der Waals surface area contributed by atoms with Crippen LogP contribution in [0.1, 0.15) is 38.2 Å². The Hall–Kier alpha value is -3.66. The van der Waals surface area contributed by atoms with Crippen molar-refractivity contribution in [3.8, 4) is 5.69 Å². The minimum Gasteiger partial charge on any atom is -0.369 e. The number of carbonyl (C=O) groups is 2. The first kappa shape index (κ1) is 26.4. The molecular weight excluding hydrogens is 468 g/mol. The van der Waals surface area contributed by atoms with Gasteiger partial charge in [-0.2, -0.15) is 4.98 Å². The lowest BCUT2D eigenvalue weighted by Crippen LogP contribution is -2.36. The molecule has 1 saturated heterocycles. The van der Waals surface area contributed by atoms with Gasteiger partial charge in [0.2, 0.25) is 17.8 Å². The summed E-state index contributed by atoms with van der Waals surface area (Å²) >= 11 is 0. The highest BCUT2D eigenvalue weighted by atomic mass is 16.2. The van der Waals surface area contributed by atoms with Crippen molar-refractivity contribution in [3.63, 3.8) is 0 Å². The van der Waals surface area contributed by atoms with Gasteiger partial charge in [-0.25, -0.2) is 4.98 Å². The van der Waals surface area contributed by atoms with Crippen LogP contribution in [0, 0.1) is 0 Å². The molecule has 2 amide bonds. The highest BCUT2D eigenvalue weighted by molar-refractivity contribution is 5.91. The summed E-state index contributed by atoms with van der Waals surface area (Å²) in [6, 6.07) is 8.25. The zero-order chi connectivity index (χ0) is 26.2. The predicted octanol–water partition coefficient (Wildman–Crippen LogP) is 2.84. The zero-order valence-electron chi connectivity index (χ0n) is 22.1. The summed E-state index contributed by atoms with van der Waals surface area (Å²) in [7, 11) is 3.76. The third kappa shape index (κ3) is 6.97. The summed E-state index contributed by atoms with van der Waals surface area (Å²) in [4.78, 5) is 37.1. The molecular formula is C27H38N8O2. The van der Waals surface area contributed by atoms with E-state index in [9.17, 15) is 9.59 Å². The van der Waals surface area contributed by atoms with Crippen molar-refractivity contribution >= 4 is 34.5 Å². The van der Waals surface area contributed by atoms with Crippen molar-refractivity contribution in [2.24, 2.45) is 0 Å². The van der Waals surface area contributed by atoms with Crippen LogP contribution in [0.15, 0.2) is 36.7 Å². The maximum absolute atomic E-state index is 12.3. The van der Waals surface area contributed by atoms with Crippen LogP contribution in [0.3, 0.4) is 0 Å². The van der Waals surface area contributed by atoms with Crippen LogP contribution in [-0.4, -0.2) is 83.0 Å². The SMILES string of the molecule is CCCNc1nc(NC)nc2cc(-n3ccc(CN(C)CC(=O)NCCCN4CCCC4=O)c3)ccc12. The van der Waals surface area contributed by atoms with E-state index >= 15 is 0 Å². The molecule has 1 aliphatic rings. The summed E-state index contributed by atoms with van der Waals surface area (Å²) in [5.41, 5.74) is 3.00. The average molecular weight is 507 g/mol. The quantitative estimate of drug-likeness (QED) is 0.306. The van der Waals surface area contributed by atoms with Crippen molar-refractivity contribution in [1.82, 2.24) is 29.7 Å². The van der Waals surface area contributed by atoms with E-state index in [-0.39, 0.29) is 11.8 Å². The fourth-order valence-electron chi connectivity index (χ4n) is 4.57. The topological polar surface area (TPSA) is 107 Å². The number of anilines is 2.